The third kappa shape index (κ3) is 4.70. The number of anilines is 2. The minimum atomic E-state index is -4.82. The van der Waals surface area contributed by atoms with Crippen LogP contribution in [0, 0.1) is 5.92 Å². The van der Waals surface area contributed by atoms with Gasteiger partial charge in [-0.05, 0) is 18.2 Å². The van der Waals surface area contributed by atoms with Gasteiger partial charge in [0.05, 0.1) is 17.0 Å². The molecule has 1 aliphatic rings. The molecular weight excluding hydrogens is 440 g/mol. The second kappa shape index (κ2) is 7.83. The van der Waals surface area contributed by atoms with E-state index >= 15 is 0 Å². The molecule has 0 aliphatic carbocycles. The zero-order valence-electron chi connectivity index (χ0n) is 14.8. The van der Waals surface area contributed by atoms with E-state index in [-0.39, 0.29) is 16.5 Å². The van der Waals surface area contributed by atoms with Crippen molar-refractivity contribution < 1.29 is 35.3 Å². The Morgan fingerprint density at radius 1 is 1.17 bits per heavy atom. The molecule has 7 nitrogen and oxygen atoms in total. The summed E-state index contributed by atoms with van der Waals surface area (Å²) in [6.07, 6.45) is -7.65. The SMILES string of the molecule is NS(=O)c1cc(NC(=O)c2cc(C(F)(F)F)cnc2N2CC(C(F)(F)F)C2)ccn1. The Balaban J connectivity index is 1.92. The third-order valence-corrected chi connectivity index (χ3v) is 4.92. The normalized spacial score (nSPS) is 16.2. The lowest BCUT2D eigenvalue weighted by Gasteiger charge is -2.41. The summed E-state index contributed by atoms with van der Waals surface area (Å²) >= 11 is 0. The van der Waals surface area contributed by atoms with Crippen LogP contribution in [0.1, 0.15) is 15.9 Å². The highest BCUT2D eigenvalue weighted by Gasteiger charge is 2.48. The first-order valence-electron chi connectivity index (χ1n) is 8.18. The maximum Gasteiger partial charge on any atom is 0.417 e. The third-order valence-electron chi connectivity index (χ3n) is 4.28. The van der Waals surface area contributed by atoms with Crippen LogP contribution in [-0.4, -0.2) is 39.3 Å². The molecule has 0 aromatic carbocycles. The Labute approximate surface area is 167 Å². The van der Waals surface area contributed by atoms with E-state index in [0.717, 1.165) is 11.0 Å². The Bertz CT molecular complexity index is 991. The monoisotopic (exact) mass is 453 g/mol. The zero-order valence-corrected chi connectivity index (χ0v) is 15.6. The van der Waals surface area contributed by atoms with E-state index in [1.807, 2.05) is 0 Å². The van der Waals surface area contributed by atoms with Crippen molar-refractivity contribution in [3.63, 3.8) is 0 Å². The van der Waals surface area contributed by atoms with E-state index in [0.29, 0.717) is 12.3 Å². The van der Waals surface area contributed by atoms with Crippen molar-refractivity contribution in [1.29, 1.82) is 0 Å². The van der Waals surface area contributed by atoms with Crippen LogP contribution in [-0.2, 0) is 17.2 Å². The summed E-state index contributed by atoms with van der Waals surface area (Å²) in [6, 6.07) is 2.94. The van der Waals surface area contributed by atoms with Crippen LogP contribution >= 0.6 is 0 Å². The van der Waals surface area contributed by atoms with Crippen molar-refractivity contribution >= 4 is 28.4 Å². The van der Waals surface area contributed by atoms with E-state index < -0.39 is 59.4 Å². The zero-order chi connectivity index (χ0) is 22.3. The fourth-order valence-corrected chi connectivity index (χ4v) is 3.09. The highest BCUT2D eigenvalue weighted by atomic mass is 32.2. The molecule has 3 N–H and O–H groups in total. The summed E-state index contributed by atoms with van der Waals surface area (Å²) in [5.74, 6) is -3.02. The van der Waals surface area contributed by atoms with Crippen LogP contribution < -0.4 is 15.4 Å². The number of nitrogens with two attached hydrogens (primary N) is 1. The molecule has 14 heteroatoms. The number of carbonyl (C=O) groups is 1. The molecule has 1 amide bonds. The summed E-state index contributed by atoms with van der Waals surface area (Å²) in [6.45, 7) is -1.07. The van der Waals surface area contributed by atoms with Gasteiger partial charge in [-0.2, -0.15) is 26.3 Å². The first-order valence-corrected chi connectivity index (χ1v) is 9.40. The van der Waals surface area contributed by atoms with Crippen molar-refractivity contribution in [2.45, 2.75) is 17.4 Å². The Hall–Kier alpha value is -2.74. The van der Waals surface area contributed by atoms with E-state index in [4.69, 9.17) is 5.14 Å². The van der Waals surface area contributed by atoms with Gasteiger partial charge < -0.3 is 10.2 Å². The number of amides is 1. The Morgan fingerprint density at radius 2 is 1.83 bits per heavy atom. The average molecular weight is 453 g/mol. The summed E-state index contributed by atoms with van der Waals surface area (Å²) in [7, 11) is -1.97. The first-order chi connectivity index (χ1) is 13.9. The van der Waals surface area contributed by atoms with Gasteiger partial charge in [0, 0.05) is 31.2 Å². The van der Waals surface area contributed by atoms with E-state index in [1.165, 1.54) is 12.3 Å². The molecule has 0 spiro atoms. The molecule has 1 atom stereocenters. The van der Waals surface area contributed by atoms with Gasteiger partial charge in [-0.3, -0.25) is 4.79 Å². The van der Waals surface area contributed by atoms with Gasteiger partial charge >= 0.3 is 12.4 Å². The molecule has 2 aromatic rings. The second-order valence-corrected chi connectivity index (χ2v) is 7.38. The van der Waals surface area contributed by atoms with Crippen molar-refractivity contribution in [2.24, 2.45) is 11.1 Å². The lowest BCUT2D eigenvalue weighted by atomic mass is 9.98. The van der Waals surface area contributed by atoms with Gasteiger partial charge in [0.1, 0.15) is 21.8 Å². The molecule has 2 aromatic heterocycles. The molecular formula is C16H13F6N5O2S. The van der Waals surface area contributed by atoms with Crippen molar-refractivity contribution in [1.82, 2.24) is 9.97 Å². The highest BCUT2D eigenvalue weighted by Crippen LogP contribution is 2.38. The summed E-state index contributed by atoms with van der Waals surface area (Å²) in [5.41, 5.74) is -1.76. The number of alkyl halides is 6. The average Bonchev–Trinajstić information content (AvgIpc) is 2.58. The number of hydrogen-bond donors (Lipinski definition) is 2. The Morgan fingerprint density at radius 3 is 2.40 bits per heavy atom. The van der Waals surface area contributed by atoms with Crippen LogP contribution in [0.25, 0.3) is 0 Å². The molecule has 1 aliphatic heterocycles. The lowest BCUT2D eigenvalue weighted by molar-refractivity contribution is -0.180. The summed E-state index contributed by atoms with van der Waals surface area (Å²) < 4.78 is 88.7. The first kappa shape index (κ1) is 22.0. The van der Waals surface area contributed by atoms with Crippen molar-refractivity contribution in [2.75, 3.05) is 23.3 Å². The number of pyridine rings is 2. The molecule has 3 heterocycles. The smallest absolute Gasteiger partial charge is 0.355 e. The number of aromatic nitrogens is 2. The second-order valence-electron chi connectivity index (χ2n) is 6.37. The lowest BCUT2D eigenvalue weighted by Crippen LogP contribution is -2.54. The minimum absolute atomic E-state index is 0.0314. The largest absolute Gasteiger partial charge is 0.417 e. The van der Waals surface area contributed by atoms with Crippen LogP contribution in [0.4, 0.5) is 37.8 Å². The van der Waals surface area contributed by atoms with Crippen molar-refractivity contribution in [3.8, 4) is 0 Å². The molecule has 0 bridgehead atoms. The number of nitrogens with zero attached hydrogens (tertiary/aromatic N) is 3. The van der Waals surface area contributed by atoms with Crippen molar-refractivity contribution in [3.05, 3.63) is 41.7 Å². The number of halogens is 6. The Kier molecular flexibility index (Phi) is 5.73. The van der Waals surface area contributed by atoms with Gasteiger partial charge in [-0.15, -0.1) is 0 Å². The molecule has 1 saturated heterocycles. The fraction of sp³-hybridized carbons (Fsp3) is 0.312. The van der Waals surface area contributed by atoms with Gasteiger partial charge in [-0.1, -0.05) is 0 Å². The topological polar surface area (TPSA) is 101 Å². The maximum atomic E-state index is 13.1. The van der Waals surface area contributed by atoms with Crippen LogP contribution in [0.15, 0.2) is 35.6 Å². The number of carbonyl (C=O) groups excluding carboxylic acids is 1. The number of hydrogen-bond acceptors (Lipinski definition) is 5. The molecule has 3 rings (SSSR count). The quantitative estimate of drug-likeness (QED) is 0.694. The van der Waals surface area contributed by atoms with Crippen LogP contribution in [0.3, 0.4) is 0 Å². The standard InChI is InChI=1S/C16H13F6N5O2S/c17-15(18,19)8-3-11(13(25-5-8)27-6-9(7-27)16(20,21)22)14(28)26-10-1-2-24-12(4-10)30(23)29/h1-5,9H,6-7,23H2,(H,24,26,28). The molecule has 162 valence electrons. The van der Waals surface area contributed by atoms with Gasteiger partial charge in [0.15, 0.2) is 0 Å². The molecule has 30 heavy (non-hydrogen) atoms. The number of nitrogens with one attached hydrogen (secondary N) is 1. The predicted octanol–water partition coefficient (Wildman–Crippen LogP) is 2.73. The fourth-order valence-electron chi connectivity index (χ4n) is 2.69. The molecule has 0 radical (unpaired) electrons. The molecule has 1 fully saturated rings. The predicted molar refractivity (Wildman–Crippen MR) is 93.8 cm³/mol. The minimum Gasteiger partial charge on any atom is -0.355 e. The van der Waals surface area contributed by atoms with Gasteiger partial charge in [0.25, 0.3) is 5.91 Å². The van der Waals surface area contributed by atoms with E-state index in [2.05, 4.69) is 15.3 Å². The number of rotatable bonds is 4. The van der Waals surface area contributed by atoms with Gasteiger partial charge in [0.2, 0.25) is 0 Å². The maximum absolute atomic E-state index is 13.1. The van der Waals surface area contributed by atoms with E-state index in [1.54, 1.807) is 0 Å². The summed E-state index contributed by atoms with van der Waals surface area (Å²) in [5, 5.41) is 7.39. The highest BCUT2D eigenvalue weighted by molar-refractivity contribution is 7.82. The molecule has 1 unspecified atom stereocenters. The van der Waals surface area contributed by atoms with Gasteiger partial charge in [-0.25, -0.2) is 19.3 Å². The van der Waals surface area contributed by atoms with Crippen LogP contribution in [0.2, 0.25) is 0 Å². The summed E-state index contributed by atoms with van der Waals surface area (Å²) in [4.78, 5) is 21.0. The molecule has 0 saturated carbocycles. The van der Waals surface area contributed by atoms with E-state index in [9.17, 15) is 35.3 Å². The van der Waals surface area contributed by atoms with Crippen LogP contribution in [0.5, 0.6) is 0 Å².